The van der Waals surface area contributed by atoms with Crippen LogP contribution in [0, 0.1) is 23.7 Å². The van der Waals surface area contributed by atoms with Gasteiger partial charge in [-0.15, -0.1) is 0 Å². The monoisotopic (exact) mass is 344 g/mol. The Kier molecular flexibility index (Phi) is 2.90. The van der Waals surface area contributed by atoms with Gasteiger partial charge in [-0.1, -0.05) is 41.1 Å². The second-order valence-electron chi connectivity index (χ2n) is 6.28. The van der Waals surface area contributed by atoms with Gasteiger partial charge >= 0.3 is 0 Å². The van der Waals surface area contributed by atoms with Crippen LogP contribution in [0.3, 0.4) is 0 Å². The van der Waals surface area contributed by atoms with E-state index in [-0.39, 0.29) is 17.6 Å². The first-order valence-corrected chi connectivity index (χ1v) is 8.35. The summed E-state index contributed by atoms with van der Waals surface area (Å²) in [6.07, 6.45) is 6.23. The van der Waals surface area contributed by atoms with Crippen molar-refractivity contribution in [2.24, 2.45) is 23.7 Å². The second kappa shape index (κ2) is 4.57. The van der Waals surface area contributed by atoms with Gasteiger partial charge < -0.3 is 5.11 Å². The van der Waals surface area contributed by atoms with Gasteiger partial charge in [0.2, 0.25) is 0 Å². The number of benzene rings is 1. The molecule has 1 aromatic rings. The van der Waals surface area contributed by atoms with Gasteiger partial charge in [-0.3, -0.25) is 4.79 Å². The summed E-state index contributed by atoms with van der Waals surface area (Å²) >= 11 is 3.48. The molecule has 2 bridgehead atoms. The van der Waals surface area contributed by atoms with Crippen molar-refractivity contribution in [3.63, 3.8) is 0 Å². The third-order valence-electron chi connectivity index (χ3n) is 5.30. The highest BCUT2D eigenvalue weighted by Crippen LogP contribution is 2.57. The molecule has 1 aromatic carbocycles. The summed E-state index contributed by atoms with van der Waals surface area (Å²) in [4.78, 5) is 12.9. The number of Topliss-reactive ketones (excluding diaryl/α,β-unsaturated/α-hetero) is 1. The van der Waals surface area contributed by atoms with Crippen LogP contribution in [0.25, 0.3) is 5.57 Å². The minimum Gasteiger partial charge on any atom is -0.511 e. The summed E-state index contributed by atoms with van der Waals surface area (Å²) in [5.74, 6) is 1.13. The summed E-state index contributed by atoms with van der Waals surface area (Å²) in [5.41, 5.74) is 2.60. The maximum absolute atomic E-state index is 12.9. The minimum absolute atomic E-state index is 0.0196. The Morgan fingerprint density at radius 2 is 1.95 bits per heavy atom. The average molecular weight is 345 g/mol. The van der Waals surface area contributed by atoms with Crippen LogP contribution in [0.5, 0.6) is 0 Å². The third-order valence-corrected chi connectivity index (χ3v) is 5.80. The zero-order valence-electron chi connectivity index (χ0n) is 11.8. The number of aliphatic hydroxyl groups excluding tert-OH is 1. The number of allylic oxidation sites excluding steroid dienone is 4. The van der Waals surface area contributed by atoms with Crippen molar-refractivity contribution in [2.75, 3.05) is 0 Å². The zero-order chi connectivity index (χ0) is 14.7. The Morgan fingerprint density at radius 1 is 1.24 bits per heavy atom. The number of aliphatic hydroxyl groups is 1. The smallest absolute Gasteiger partial charge is 0.171 e. The molecule has 0 amide bonds. The van der Waals surface area contributed by atoms with Crippen LogP contribution in [0.2, 0.25) is 0 Å². The Hall–Kier alpha value is -1.35. The third kappa shape index (κ3) is 1.73. The van der Waals surface area contributed by atoms with Gasteiger partial charge in [-0.05, 0) is 47.9 Å². The van der Waals surface area contributed by atoms with Gasteiger partial charge in [-0.25, -0.2) is 0 Å². The maximum Gasteiger partial charge on any atom is 0.171 e. The van der Waals surface area contributed by atoms with E-state index in [9.17, 15) is 9.90 Å². The van der Waals surface area contributed by atoms with Crippen molar-refractivity contribution in [1.29, 1.82) is 0 Å². The van der Waals surface area contributed by atoms with E-state index < -0.39 is 0 Å². The first-order chi connectivity index (χ1) is 10.1. The fourth-order valence-electron chi connectivity index (χ4n) is 4.37. The molecule has 3 aliphatic rings. The van der Waals surface area contributed by atoms with Gasteiger partial charge in [-0.2, -0.15) is 0 Å². The Bertz CT molecular complexity index is 701. The fourth-order valence-corrected chi connectivity index (χ4v) is 4.73. The van der Waals surface area contributed by atoms with Gasteiger partial charge in [0.25, 0.3) is 0 Å². The van der Waals surface area contributed by atoms with Crippen LogP contribution in [0.1, 0.15) is 24.5 Å². The SMILES string of the molecule is CCc1ccc(Br)cc1C1=C(O)[C@@H]2[C@H](C1=O)[C@@H]1C=C[C@H]2C1. The molecule has 0 aliphatic heterocycles. The zero-order valence-corrected chi connectivity index (χ0v) is 13.4. The molecule has 4 atom stereocenters. The summed E-state index contributed by atoms with van der Waals surface area (Å²) in [6.45, 7) is 2.08. The number of hydrogen-bond acceptors (Lipinski definition) is 2. The Labute approximate surface area is 132 Å². The van der Waals surface area contributed by atoms with Gasteiger partial charge in [0.1, 0.15) is 5.76 Å². The van der Waals surface area contributed by atoms with Crippen molar-refractivity contribution < 1.29 is 9.90 Å². The molecule has 0 heterocycles. The molecule has 21 heavy (non-hydrogen) atoms. The van der Waals surface area contributed by atoms with Crippen molar-refractivity contribution in [1.82, 2.24) is 0 Å². The first-order valence-electron chi connectivity index (χ1n) is 7.56. The topological polar surface area (TPSA) is 37.3 Å². The fraction of sp³-hybridized carbons (Fsp3) is 0.389. The van der Waals surface area contributed by atoms with Crippen molar-refractivity contribution in [3.8, 4) is 0 Å². The number of aryl methyl sites for hydroxylation is 1. The lowest BCUT2D eigenvalue weighted by Gasteiger charge is -2.19. The van der Waals surface area contributed by atoms with Crippen LogP contribution < -0.4 is 0 Å². The van der Waals surface area contributed by atoms with E-state index in [0.29, 0.717) is 23.2 Å². The highest BCUT2D eigenvalue weighted by molar-refractivity contribution is 9.10. The predicted octanol–water partition coefficient (Wildman–Crippen LogP) is 4.30. The highest BCUT2D eigenvalue weighted by Gasteiger charge is 2.55. The molecule has 4 rings (SSSR count). The minimum atomic E-state index is -0.0290. The van der Waals surface area contributed by atoms with Crippen LogP contribution in [0.4, 0.5) is 0 Å². The molecule has 1 N–H and O–H groups in total. The number of ketones is 1. The molecule has 3 heteroatoms. The van der Waals surface area contributed by atoms with Gasteiger partial charge in [0, 0.05) is 16.3 Å². The molecule has 3 aliphatic carbocycles. The lowest BCUT2D eigenvalue weighted by atomic mass is 9.84. The summed E-state index contributed by atoms with van der Waals surface area (Å²) in [5, 5.41) is 10.7. The molecule has 0 radical (unpaired) electrons. The predicted molar refractivity (Wildman–Crippen MR) is 85.8 cm³/mol. The summed E-state index contributed by atoms with van der Waals surface area (Å²) in [6, 6.07) is 6.00. The van der Waals surface area contributed by atoms with E-state index in [2.05, 4.69) is 35.0 Å². The highest BCUT2D eigenvalue weighted by atomic mass is 79.9. The van der Waals surface area contributed by atoms with Crippen molar-refractivity contribution in [3.05, 3.63) is 51.7 Å². The number of carbonyl (C=O) groups excluding carboxylic acids is 1. The van der Waals surface area contributed by atoms with Crippen LogP contribution >= 0.6 is 15.9 Å². The van der Waals surface area contributed by atoms with E-state index in [1.807, 2.05) is 18.2 Å². The maximum atomic E-state index is 12.9. The van der Waals surface area contributed by atoms with Crippen molar-refractivity contribution >= 4 is 27.3 Å². The van der Waals surface area contributed by atoms with E-state index in [1.165, 1.54) is 0 Å². The van der Waals surface area contributed by atoms with Crippen molar-refractivity contribution in [2.45, 2.75) is 19.8 Å². The molecular weight excluding hydrogens is 328 g/mol. The molecule has 2 nitrogen and oxygen atoms in total. The quantitative estimate of drug-likeness (QED) is 0.812. The number of carbonyl (C=O) groups is 1. The van der Waals surface area contributed by atoms with Crippen LogP contribution in [-0.4, -0.2) is 10.9 Å². The summed E-state index contributed by atoms with van der Waals surface area (Å²) < 4.78 is 0.945. The van der Waals surface area contributed by atoms with E-state index >= 15 is 0 Å². The largest absolute Gasteiger partial charge is 0.511 e. The van der Waals surface area contributed by atoms with Gasteiger partial charge in [0.15, 0.2) is 5.78 Å². The Balaban J connectivity index is 1.86. The normalized spacial score (nSPS) is 33.1. The number of rotatable bonds is 2. The number of halogens is 1. The Morgan fingerprint density at radius 3 is 2.62 bits per heavy atom. The molecule has 0 spiro atoms. The van der Waals surface area contributed by atoms with Crippen LogP contribution in [0.15, 0.2) is 40.6 Å². The molecular formula is C18H17BrO2. The lowest BCUT2D eigenvalue weighted by molar-refractivity contribution is -0.118. The standard InChI is InChI=1S/C18H17BrO2/c1-2-9-5-6-12(19)8-13(9)16-17(20)14-10-3-4-11(7-10)15(14)18(16)21/h3-6,8,10-11,14-15,20H,2,7H2,1H3/t10-,11+,14-,15+/m0/s1. The molecule has 0 unspecified atom stereocenters. The molecule has 0 saturated heterocycles. The first kappa shape index (κ1) is 13.3. The lowest BCUT2D eigenvalue weighted by Crippen LogP contribution is -2.22. The molecule has 1 saturated carbocycles. The van der Waals surface area contributed by atoms with Gasteiger partial charge in [0.05, 0.1) is 5.57 Å². The number of hydrogen-bond donors (Lipinski definition) is 1. The molecule has 1 fully saturated rings. The molecule has 0 aromatic heterocycles. The average Bonchev–Trinajstić information content (AvgIpc) is 3.13. The number of fused-ring (bicyclic) bond motifs is 5. The van der Waals surface area contributed by atoms with E-state index in [1.54, 1.807) is 0 Å². The summed E-state index contributed by atoms with van der Waals surface area (Å²) in [7, 11) is 0. The van der Waals surface area contributed by atoms with Crippen LogP contribution in [-0.2, 0) is 11.2 Å². The van der Waals surface area contributed by atoms with E-state index in [4.69, 9.17) is 0 Å². The molecule has 108 valence electrons. The second-order valence-corrected chi connectivity index (χ2v) is 7.20. The van der Waals surface area contributed by atoms with E-state index in [0.717, 1.165) is 28.4 Å².